The van der Waals surface area contributed by atoms with Gasteiger partial charge in [0.2, 0.25) is 5.89 Å². The largest absolute Gasteiger partial charge is 0.444 e. The number of thiol groups is 1. The molecule has 72 valence electrons. The summed E-state index contributed by atoms with van der Waals surface area (Å²) in [6.45, 7) is 1.97. The maximum atomic E-state index is 5.35. The highest BCUT2D eigenvalue weighted by Crippen LogP contribution is 2.23. The first-order chi connectivity index (χ1) is 6.77. The summed E-state index contributed by atoms with van der Waals surface area (Å²) in [6.07, 6.45) is 1.65. The number of hydrogen-bond donors (Lipinski definition) is 1. The molecule has 0 aliphatic carbocycles. The van der Waals surface area contributed by atoms with E-state index in [1.165, 1.54) is 0 Å². The fourth-order valence-corrected chi connectivity index (χ4v) is 1.31. The molecule has 0 aliphatic heterocycles. The molecule has 1 unspecified atom stereocenters. The van der Waals surface area contributed by atoms with Gasteiger partial charge in [0.05, 0.1) is 5.69 Å². The van der Waals surface area contributed by atoms with Gasteiger partial charge in [0.25, 0.3) is 0 Å². The number of nitrogens with zero attached hydrogens (tertiary/aromatic N) is 1. The molecular weight excluding hydrogens is 194 g/mol. The Labute approximate surface area is 88.4 Å². The smallest absolute Gasteiger partial charge is 0.226 e. The first kappa shape index (κ1) is 9.34. The SMILES string of the molecule is CC(S)c1coc(-c2ccccc2)n1. The van der Waals surface area contributed by atoms with Gasteiger partial charge in [-0.05, 0) is 19.1 Å². The highest BCUT2D eigenvalue weighted by atomic mass is 32.1. The van der Waals surface area contributed by atoms with Gasteiger partial charge in [0.15, 0.2) is 0 Å². The number of rotatable bonds is 2. The molecule has 2 aromatic rings. The molecule has 1 heterocycles. The van der Waals surface area contributed by atoms with Crippen LogP contribution in [0.1, 0.15) is 17.9 Å². The number of benzene rings is 1. The third-order valence-corrected chi connectivity index (χ3v) is 2.24. The quantitative estimate of drug-likeness (QED) is 0.761. The van der Waals surface area contributed by atoms with E-state index in [1.54, 1.807) is 6.26 Å². The van der Waals surface area contributed by atoms with Gasteiger partial charge in [-0.25, -0.2) is 4.98 Å². The zero-order chi connectivity index (χ0) is 9.97. The van der Waals surface area contributed by atoms with E-state index in [4.69, 9.17) is 4.42 Å². The summed E-state index contributed by atoms with van der Waals surface area (Å²) >= 11 is 4.29. The molecule has 1 aromatic heterocycles. The highest BCUT2D eigenvalue weighted by Gasteiger charge is 2.08. The van der Waals surface area contributed by atoms with E-state index in [9.17, 15) is 0 Å². The highest BCUT2D eigenvalue weighted by molar-refractivity contribution is 7.80. The van der Waals surface area contributed by atoms with Crippen molar-refractivity contribution in [2.45, 2.75) is 12.2 Å². The van der Waals surface area contributed by atoms with Crippen LogP contribution in [0.5, 0.6) is 0 Å². The van der Waals surface area contributed by atoms with E-state index in [1.807, 2.05) is 37.3 Å². The molecule has 0 spiro atoms. The van der Waals surface area contributed by atoms with Crippen LogP contribution in [0.2, 0.25) is 0 Å². The van der Waals surface area contributed by atoms with Crippen LogP contribution in [0.15, 0.2) is 41.0 Å². The van der Waals surface area contributed by atoms with Gasteiger partial charge >= 0.3 is 0 Å². The van der Waals surface area contributed by atoms with Crippen molar-refractivity contribution >= 4 is 12.6 Å². The van der Waals surface area contributed by atoms with Gasteiger partial charge in [-0.3, -0.25) is 0 Å². The summed E-state index contributed by atoms with van der Waals surface area (Å²) in [5.74, 6) is 0.654. The molecule has 0 amide bonds. The Morgan fingerprint density at radius 3 is 2.57 bits per heavy atom. The van der Waals surface area contributed by atoms with Crippen molar-refractivity contribution in [3.05, 3.63) is 42.3 Å². The van der Waals surface area contributed by atoms with E-state index in [0.717, 1.165) is 11.3 Å². The van der Waals surface area contributed by atoms with Gasteiger partial charge in [-0.1, -0.05) is 18.2 Å². The molecule has 0 N–H and O–H groups in total. The normalized spacial score (nSPS) is 12.7. The number of aromatic nitrogens is 1. The third kappa shape index (κ3) is 1.82. The van der Waals surface area contributed by atoms with Crippen molar-refractivity contribution < 1.29 is 4.42 Å². The molecule has 1 atom stereocenters. The maximum Gasteiger partial charge on any atom is 0.226 e. The lowest BCUT2D eigenvalue weighted by molar-refractivity contribution is 0.572. The lowest BCUT2D eigenvalue weighted by atomic mass is 10.2. The molecule has 0 bridgehead atoms. The van der Waals surface area contributed by atoms with E-state index in [2.05, 4.69) is 17.6 Å². The van der Waals surface area contributed by atoms with Crippen molar-refractivity contribution in [3.63, 3.8) is 0 Å². The number of oxazole rings is 1. The van der Waals surface area contributed by atoms with Crippen LogP contribution in [0.3, 0.4) is 0 Å². The minimum Gasteiger partial charge on any atom is -0.444 e. The average Bonchev–Trinajstić information content (AvgIpc) is 2.68. The molecule has 0 saturated heterocycles. The second-order valence-electron chi connectivity index (χ2n) is 3.12. The fourth-order valence-electron chi connectivity index (χ4n) is 1.19. The Kier molecular flexibility index (Phi) is 2.59. The zero-order valence-electron chi connectivity index (χ0n) is 7.84. The lowest BCUT2D eigenvalue weighted by Crippen LogP contribution is -1.83. The minimum absolute atomic E-state index is 0.108. The average molecular weight is 205 g/mol. The van der Waals surface area contributed by atoms with Crippen molar-refractivity contribution in [1.29, 1.82) is 0 Å². The van der Waals surface area contributed by atoms with Crippen LogP contribution in [-0.4, -0.2) is 4.98 Å². The Bertz CT molecular complexity index is 408. The molecule has 2 rings (SSSR count). The van der Waals surface area contributed by atoms with Gasteiger partial charge < -0.3 is 4.42 Å². The van der Waals surface area contributed by atoms with Crippen molar-refractivity contribution in [2.24, 2.45) is 0 Å². The summed E-state index contributed by atoms with van der Waals surface area (Å²) in [4.78, 5) is 4.34. The second kappa shape index (κ2) is 3.88. The Hall–Kier alpha value is -1.22. The van der Waals surface area contributed by atoms with Crippen molar-refractivity contribution in [1.82, 2.24) is 4.98 Å². The molecule has 0 radical (unpaired) electrons. The van der Waals surface area contributed by atoms with E-state index < -0.39 is 0 Å². The minimum atomic E-state index is 0.108. The molecular formula is C11H11NOS. The molecule has 0 fully saturated rings. The summed E-state index contributed by atoms with van der Waals surface area (Å²) in [5.41, 5.74) is 1.86. The summed E-state index contributed by atoms with van der Waals surface area (Å²) < 4.78 is 5.35. The molecule has 14 heavy (non-hydrogen) atoms. The molecule has 0 saturated carbocycles. The summed E-state index contributed by atoms with van der Waals surface area (Å²) in [7, 11) is 0. The Morgan fingerprint density at radius 2 is 2.00 bits per heavy atom. The monoisotopic (exact) mass is 205 g/mol. The first-order valence-electron chi connectivity index (χ1n) is 4.46. The molecule has 0 aliphatic rings. The zero-order valence-corrected chi connectivity index (χ0v) is 8.74. The molecule has 1 aromatic carbocycles. The molecule has 3 heteroatoms. The Balaban J connectivity index is 2.34. The number of hydrogen-bond acceptors (Lipinski definition) is 3. The van der Waals surface area contributed by atoms with Gasteiger partial charge in [0.1, 0.15) is 6.26 Å². The van der Waals surface area contributed by atoms with Crippen molar-refractivity contribution in [2.75, 3.05) is 0 Å². The van der Waals surface area contributed by atoms with Crippen LogP contribution in [-0.2, 0) is 0 Å². The standard InChI is InChI=1S/C11H11NOS/c1-8(14)10-7-13-11(12-10)9-5-3-2-4-6-9/h2-8,14H,1H3. The predicted octanol–water partition coefficient (Wildman–Crippen LogP) is 3.33. The summed E-state index contributed by atoms with van der Waals surface area (Å²) in [5, 5.41) is 0.108. The van der Waals surface area contributed by atoms with E-state index in [-0.39, 0.29) is 5.25 Å². The maximum absolute atomic E-state index is 5.35. The van der Waals surface area contributed by atoms with E-state index >= 15 is 0 Å². The van der Waals surface area contributed by atoms with Crippen LogP contribution in [0.25, 0.3) is 11.5 Å². The van der Waals surface area contributed by atoms with Gasteiger partial charge in [-0.2, -0.15) is 12.6 Å². The first-order valence-corrected chi connectivity index (χ1v) is 4.98. The third-order valence-electron chi connectivity index (χ3n) is 1.97. The van der Waals surface area contributed by atoms with Crippen molar-refractivity contribution in [3.8, 4) is 11.5 Å². The molecule has 2 nitrogen and oxygen atoms in total. The fraction of sp³-hybridized carbons (Fsp3) is 0.182. The van der Waals surface area contributed by atoms with Gasteiger partial charge in [0, 0.05) is 10.8 Å². The topological polar surface area (TPSA) is 26.0 Å². The Morgan fingerprint density at radius 1 is 1.29 bits per heavy atom. The van der Waals surface area contributed by atoms with Crippen LogP contribution < -0.4 is 0 Å². The summed E-state index contributed by atoms with van der Waals surface area (Å²) in [6, 6.07) is 9.83. The lowest BCUT2D eigenvalue weighted by Gasteiger charge is -1.94. The van der Waals surface area contributed by atoms with E-state index in [0.29, 0.717) is 5.89 Å². The van der Waals surface area contributed by atoms with Crippen LogP contribution >= 0.6 is 12.6 Å². The predicted molar refractivity (Wildman–Crippen MR) is 59.3 cm³/mol. The second-order valence-corrected chi connectivity index (χ2v) is 3.89. The van der Waals surface area contributed by atoms with Gasteiger partial charge in [-0.15, -0.1) is 0 Å². The van der Waals surface area contributed by atoms with Crippen LogP contribution in [0.4, 0.5) is 0 Å². The van der Waals surface area contributed by atoms with Crippen LogP contribution in [0, 0.1) is 0 Å².